The van der Waals surface area contributed by atoms with Crippen molar-refractivity contribution in [2.75, 3.05) is 18.8 Å². The zero-order valence-electron chi connectivity index (χ0n) is 12.7. The summed E-state index contributed by atoms with van der Waals surface area (Å²) in [6, 6.07) is 5.29. The van der Waals surface area contributed by atoms with Crippen LogP contribution in [0.2, 0.25) is 5.02 Å². The fourth-order valence-corrected chi connectivity index (χ4v) is 3.63. The Morgan fingerprint density at radius 3 is 3.00 bits per heavy atom. The van der Waals surface area contributed by atoms with Gasteiger partial charge in [0.1, 0.15) is 0 Å². The Morgan fingerprint density at radius 1 is 1.48 bits per heavy atom. The van der Waals surface area contributed by atoms with Crippen LogP contribution in [0.15, 0.2) is 23.4 Å². The van der Waals surface area contributed by atoms with Crippen LogP contribution >= 0.6 is 23.4 Å². The molecule has 0 atom stereocenters. The number of fused-ring (bicyclic) bond motifs is 1. The maximum atomic E-state index is 12.2. The van der Waals surface area contributed by atoms with Gasteiger partial charge in [-0.2, -0.15) is 0 Å². The normalized spacial score (nSPS) is 14.5. The van der Waals surface area contributed by atoms with Gasteiger partial charge < -0.3 is 9.88 Å². The number of aryl methyl sites for hydroxylation is 1. The minimum atomic E-state index is -0.315. The number of amides is 3. The molecular formula is C15H17ClN4O2S. The van der Waals surface area contributed by atoms with Gasteiger partial charge in [-0.25, -0.2) is 9.78 Å². The number of imidazole rings is 1. The molecule has 0 aliphatic carbocycles. The van der Waals surface area contributed by atoms with E-state index in [-0.39, 0.29) is 17.7 Å². The fourth-order valence-electron chi connectivity index (χ4n) is 2.54. The quantitative estimate of drug-likeness (QED) is 0.840. The summed E-state index contributed by atoms with van der Waals surface area (Å²) in [6.07, 6.45) is 0.962. The Morgan fingerprint density at radius 2 is 2.30 bits per heavy atom. The number of halogens is 1. The molecule has 3 rings (SSSR count). The van der Waals surface area contributed by atoms with Gasteiger partial charge in [0.05, 0.1) is 16.8 Å². The highest BCUT2D eigenvalue weighted by Crippen LogP contribution is 2.27. The van der Waals surface area contributed by atoms with Crippen molar-refractivity contribution in [2.45, 2.75) is 25.0 Å². The highest BCUT2D eigenvalue weighted by Gasteiger charge is 2.26. The van der Waals surface area contributed by atoms with E-state index in [0.717, 1.165) is 29.2 Å². The largest absolute Gasteiger partial charge is 0.336 e. The Kier molecular flexibility index (Phi) is 4.77. The summed E-state index contributed by atoms with van der Waals surface area (Å²) >= 11 is 7.38. The third-order valence-corrected chi connectivity index (χ3v) is 4.80. The molecular weight excluding hydrogens is 336 g/mol. The van der Waals surface area contributed by atoms with Crippen LogP contribution in [-0.2, 0) is 11.3 Å². The Bertz CT molecular complexity index is 761. The summed E-state index contributed by atoms with van der Waals surface area (Å²) in [5.74, 6) is -0.00749. The summed E-state index contributed by atoms with van der Waals surface area (Å²) in [7, 11) is 0. The topological polar surface area (TPSA) is 67.2 Å². The minimum absolute atomic E-state index is 0.189. The number of benzene rings is 1. The summed E-state index contributed by atoms with van der Waals surface area (Å²) in [6.45, 7) is 3.86. The maximum absolute atomic E-state index is 12.2. The van der Waals surface area contributed by atoms with E-state index in [0.29, 0.717) is 18.1 Å². The maximum Gasteiger partial charge on any atom is 0.324 e. The molecule has 3 amide bonds. The lowest BCUT2D eigenvalue weighted by Crippen LogP contribution is -2.35. The number of nitrogens with zero attached hydrogens (tertiary/aromatic N) is 3. The van der Waals surface area contributed by atoms with Gasteiger partial charge in [-0.3, -0.25) is 9.69 Å². The van der Waals surface area contributed by atoms with Gasteiger partial charge in [0.2, 0.25) is 5.91 Å². The molecule has 1 aromatic carbocycles. The molecule has 1 N–H and O–H groups in total. The zero-order chi connectivity index (χ0) is 16.4. The smallest absolute Gasteiger partial charge is 0.324 e. The molecule has 1 saturated heterocycles. The van der Waals surface area contributed by atoms with Crippen LogP contribution in [0, 0.1) is 0 Å². The van der Waals surface area contributed by atoms with Crippen molar-refractivity contribution >= 4 is 46.3 Å². The Labute approximate surface area is 143 Å². The van der Waals surface area contributed by atoms with Crippen LogP contribution in [0.25, 0.3) is 11.0 Å². The van der Waals surface area contributed by atoms with E-state index in [1.165, 1.54) is 16.7 Å². The molecule has 1 aromatic heterocycles. The van der Waals surface area contributed by atoms with Crippen molar-refractivity contribution < 1.29 is 9.59 Å². The van der Waals surface area contributed by atoms with E-state index in [9.17, 15) is 9.59 Å². The molecule has 0 saturated carbocycles. The lowest BCUT2D eigenvalue weighted by molar-refractivity contribution is -0.124. The number of imide groups is 1. The average molecular weight is 353 g/mol. The lowest BCUT2D eigenvalue weighted by atomic mass is 10.3. The van der Waals surface area contributed by atoms with Crippen LogP contribution in [0.5, 0.6) is 0 Å². The lowest BCUT2D eigenvalue weighted by Gasteiger charge is -2.12. The molecule has 8 heteroatoms. The first-order valence-electron chi connectivity index (χ1n) is 7.47. The third kappa shape index (κ3) is 3.30. The molecule has 1 fully saturated rings. The molecule has 122 valence electrons. The summed E-state index contributed by atoms with van der Waals surface area (Å²) < 4.78 is 2.09. The van der Waals surface area contributed by atoms with Gasteiger partial charge >= 0.3 is 6.03 Å². The van der Waals surface area contributed by atoms with E-state index >= 15 is 0 Å². The third-order valence-electron chi connectivity index (χ3n) is 3.61. The second-order valence-electron chi connectivity index (χ2n) is 5.25. The monoisotopic (exact) mass is 352 g/mol. The van der Waals surface area contributed by atoms with Gasteiger partial charge in [0.25, 0.3) is 0 Å². The molecule has 23 heavy (non-hydrogen) atoms. The molecule has 2 heterocycles. The van der Waals surface area contributed by atoms with Gasteiger partial charge in [0.15, 0.2) is 5.16 Å². The first kappa shape index (κ1) is 16.1. The second kappa shape index (κ2) is 6.80. The number of thioether (sulfide) groups is 1. The van der Waals surface area contributed by atoms with Crippen LogP contribution in [-0.4, -0.2) is 45.2 Å². The van der Waals surface area contributed by atoms with Gasteiger partial charge in [0, 0.05) is 24.7 Å². The number of carbonyl (C=O) groups excluding carboxylic acids is 2. The number of hydrogen-bond donors (Lipinski definition) is 1. The highest BCUT2D eigenvalue weighted by atomic mass is 35.5. The van der Waals surface area contributed by atoms with Gasteiger partial charge in [-0.1, -0.05) is 30.3 Å². The predicted molar refractivity (Wildman–Crippen MR) is 90.9 cm³/mol. The Hall–Kier alpha value is -1.73. The van der Waals surface area contributed by atoms with E-state index in [4.69, 9.17) is 11.6 Å². The SMILES string of the molecule is CCCn1c(SCC(=O)N2CCNC2=O)nc2cc(Cl)ccc21. The molecule has 0 spiro atoms. The number of urea groups is 1. The second-order valence-corrected chi connectivity index (χ2v) is 6.62. The number of rotatable bonds is 5. The van der Waals surface area contributed by atoms with E-state index in [1.54, 1.807) is 0 Å². The van der Waals surface area contributed by atoms with Crippen molar-refractivity contribution in [3.8, 4) is 0 Å². The fraction of sp³-hybridized carbons (Fsp3) is 0.400. The average Bonchev–Trinajstić information content (AvgIpc) is 3.09. The van der Waals surface area contributed by atoms with E-state index in [2.05, 4.69) is 21.8 Å². The minimum Gasteiger partial charge on any atom is -0.336 e. The number of carbonyl (C=O) groups is 2. The molecule has 1 aliphatic heterocycles. The standard InChI is InChI=1S/C15H17ClN4O2S/c1-2-6-19-12-4-3-10(16)8-11(12)18-15(19)23-9-13(21)20-7-5-17-14(20)22/h3-4,8H,2,5-7,9H2,1H3,(H,17,22). The van der Waals surface area contributed by atoms with E-state index < -0.39 is 0 Å². The van der Waals surface area contributed by atoms with Crippen molar-refractivity contribution in [3.63, 3.8) is 0 Å². The van der Waals surface area contributed by atoms with Crippen LogP contribution < -0.4 is 5.32 Å². The van der Waals surface area contributed by atoms with Crippen molar-refractivity contribution in [1.29, 1.82) is 0 Å². The first-order valence-corrected chi connectivity index (χ1v) is 8.83. The summed E-state index contributed by atoms with van der Waals surface area (Å²) in [5.41, 5.74) is 1.82. The molecule has 0 radical (unpaired) electrons. The molecule has 2 aromatic rings. The van der Waals surface area contributed by atoms with Gasteiger partial charge in [-0.05, 0) is 24.6 Å². The van der Waals surface area contributed by atoms with E-state index in [1.807, 2.05) is 18.2 Å². The van der Waals surface area contributed by atoms with Crippen molar-refractivity contribution in [1.82, 2.24) is 19.8 Å². The summed E-state index contributed by atoms with van der Waals surface area (Å²) in [5, 5.41) is 4.04. The molecule has 1 aliphatic rings. The molecule has 0 unspecified atom stereocenters. The first-order chi connectivity index (χ1) is 11.1. The molecule has 6 nitrogen and oxygen atoms in total. The van der Waals surface area contributed by atoms with Crippen molar-refractivity contribution in [2.24, 2.45) is 0 Å². The number of aromatic nitrogens is 2. The van der Waals surface area contributed by atoms with Crippen molar-refractivity contribution in [3.05, 3.63) is 23.2 Å². The molecule has 0 bridgehead atoms. The van der Waals surface area contributed by atoms with Gasteiger partial charge in [-0.15, -0.1) is 0 Å². The number of nitrogens with one attached hydrogen (secondary N) is 1. The van der Waals surface area contributed by atoms with Crippen LogP contribution in [0.4, 0.5) is 4.79 Å². The number of hydrogen-bond acceptors (Lipinski definition) is 4. The predicted octanol–water partition coefficient (Wildman–Crippen LogP) is 2.74. The highest BCUT2D eigenvalue weighted by molar-refractivity contribution is 7.99. The van der Waals surface area contributed by atoms with Crippen LogP contribution in [0.3, 0.4) is 0 Å². The Balaban J connectivity index is 1.80. The summed E-state index contributed by atoms with van der Waals surface area (Å²) in [4.78, 5) is 29.5. The van der Waals surface area contributed by atoms with Crippen LogP contribution in [0.1, 0.15) is 13.3 Å². The zero-order valence-corrected chi connectivity index (χ0v) is 14.3.